The molecule has 2 rings (SSSR count). The van der Waals surface area contributed by atoms with Crippen LogP contribution in [-0.4, -0.2) is 14.9 Å². The largest absolute Gasteiger partial charge is 0.348 e. The van der Waals surface area contributed by atoms with E-state index in [4.69, 9.17) is 11.6 Å². The van der Waals surface area contributed by atoms with Crippen LogP contribution in [0.2, 0.25) is 5.02 Å². The third kappa shape index (κ3) is 3.38. The van der Waals surface area contributed by atoms with Gasteiger partial charge in [0.15, 0.2) is 0 Å². The highest BCUT2D eigenvalue weighted by Crippen LogP contribution is 2.21. The molecule has 0 bridgehead atoms. The van der Waals surface area contributed by atoms with E-state index in [-0.39, 0.29) is 11.7 Å². The second-order valence-corrected chi connectivity index (χ2v) is 4.38. The first kappa shape index (κ1) is 13.2. The van der Waals surface area contributed by atoms with E-state index >= 15 is 0 Å². The third-order valence-corrected chi connectivity index (χ3v) is 2.74. The van der Waals surface area contributed by atoms with E-state index in [1.54, 1.807) is 12.1 Å². The highest BCUT2D eigenvalue weighted by atomic mass is 35.5. The monoisotopic (exact) mass is 278 g/mol. The summed E-state index contributed by atoms with van der Waals surface area (Å²) in [5, 5.41) is 14.2. The first-order valence-corrected chi connectivity index (χ1v) is 5.92. The van der Waals surface area contributed by atoms with Gasteiger partial charge in [-0.2, -0.15) is 0 Å². The molecule has 2 aromatic rings. The van der Waals surface area contributed by atoms with Crippen LogP contribution in [0.5, 0.6) is 0 Å². The lowest BCUT2D eigenvalue weighted by Crippen LogP contribution is -2.09. The number of rotatable bonds is 4. The molecule has 1 heterocycles. The fraction of sp³-hybridized carbons (Fsp3) is 0.167. The predicted molar refractivity (Wildman–Crippen MR) is 72.2 cm³/mol. The lowest BCUT2D eigenvalue weighted by Gasteiger charge is -2.13. The van der Waals surface area contributed by atoms with Gasteiger partial charge in [0, 0.05) is 12.1 Å². The molecule has 1 atom stereocenters. The summed E-state index contributed by atoms with van der Waals surface area (Å²) in [5.74, 6) is 0.420. The Kier molecular flexibility index (Phi) is 3.91. The standard InChI is InChI=1S/C12H11ClN4O2/c1-8(16-12-14-6-10(13)7-15-12)9-3-2-4-11(5-9)17(18)19/h2-8H,1H3,(H,14,15,16). The van der Waals surface area contributed by atoms with Crippen molar-refractivity contribution >= 4 is 23.2 Å². The quantitative estimate of drug-likeness (QED) is 0.686. The predicted octanol–water partition coefficient (Wildman–Crippen LogP) is 3.21. The topological polar surface area (TPSA) is 81.0 Å². The van der Waals surface area contributed by atoms with Gasteiger partial charge in [-0.1, -0.05) is 23.7 Å². The molecule has 1 aromatic heterocycles. The zero-order valence-electron chi connectivity index (χ0n) is 10.1. The minimum absolute atomic E-state index is 0.0585. The van der Waals surface area contributed by atoms with E-state index in [1.165, 1.54) is 24.5 Å². The van der Waals surface area contributed by atoms with Crippen LogP contribution in [0.1, 0.15) is 18.5 Å². The van der Waals surface area contributed by atoms with Crippen LogP contribution in [0.3, 0.4) is 0 Å². The minimum atomic E-state index is -0.422. The number of anilines is 1. The van der Waals surface area contributed by atoms with Crippen LogP contribution in [0.15, 0.2) is 36.7 Å². The molecule has 1 aromatic carbocycles. The number of hydrogen-bond acceptors (Lipinski definition) is 5. The maximum Gasteiger partial charge on any atom is 0.269 e. The van der Waals surface area contributed by atoms with E-state index < -0.39 is 4.92 Å². The van der Waals surface area contributed by atoms with Gasteiger partial charge in [-0.3, -0.25) is 10.1 Å². The van der Waals surface area contributed by atoms with Crippen LogP contribution in [-0.2, 0) is 0 Å². The van der Waals surface area contributed by atoms with Crippen molar-refractivity contribution in [2.45, 2.75) is 13.0 Å². The molecule has 1 N–H and O–H groups in total. The van der Waals surface area contributed by atoms with Crippen molar-refractivity contribution in [3.8, 4) is 0 Å². The number of nitrogens with one attached hydrogen (secondary N) is 1. The molecule has 0 fully saturated rings. The lowest BCUT2D eigenvalue weighted by atomic mass is 10.1. The molecule has 0 saturated heterocycles. The van der Waals surface area contributed by atoms with Crippen LogP contribution in [0.4, 0.5) is 11.6 Å². The van der Waals surface area contributed by atoms with Crippen LogP contribution >= 0.6 is 11.6 Å². The number of halogens is 1. The van der Waals surface area contributed by atoms with E-state index in [0.29, 0.717) is 11.0 Å². The fourth-order valence-electron chi connectivity index (χ4n) is 1.57. The Morgan fingerprint density at radius 1 is 1.37 bits per heavy atom. The van der Waals surface area contributed by atoms with Gasteiger partial charge >= 0.3 is 0 Å². The van der Waals surface area contributed by atoms with Crippen LogP contribution in [0, 0.1) is 10.1 Å². The molecule has 0 spiro atoms. The SMILES string of the molecule is CC(Nc1ncc(Cl)cn1)c1cccc([N+](=O)[O-])c1. The van der Waals surface area contributed by atoms with Gasteiger partial charge in [-0.25, -0.2) is 9.97 Å². The molecule has 1 unspecified atom stereocenters. The molecule has 6 nitrogen and oxygen atoms in total. The van der Waals surface area contributed by atoms with Gasteiger partial charge in [0.05, 0.1) is 28.4 Å². The number of aromatic nitrogens is 2. The second-order valence-electron chi connectivity index (χ2n) is 3.94. The van der Waals surface area contributed by atoms with E-state index in [2.05, 4.69) is 15.3 Å². The normalized spacial score (nSPS) is 11.9. The number of hydrogen-bond donors (Lipinski definition) is 1. The molecule has 0 amide bonds. The number of nitro benzene ring substituents is 1. The van der Waals surface area contributed by atoms with Crippen LogP contribution < -0.4 is 5.32 Å². The molecule has 0 aliphatic rings. The second kappa shape index (κ2) is 5.62. The number of nitrogens with zero attached hydrogens (tertiary/aromatic N) is 3. The third-order valence-electron chi connectivity index (χ3n) is 2.55. The number of nitro groups is 1. The summed E-state index contributed by atoms with van der Waals surface area (Å²) in [7, 11) is 0. The Balaban J connectivity index is 2.15. The molecular weight excluding hydrogens is 268 g/mol. The zero-order valence-corrected chi connectivity index (χ0v) is 10.8. The summed E-state index contributed by atoms with van der Waals surface area (Å²) in [5.41, 5.74) is 0.843. The Bertz CT molecular complexity index is 589. The van der Waals surface area contributed by atoms with Crippen LogP contribution in [0.25, 0.3) is 0 Å². The van der Waals surface area contributed by atoms with Crippen molar-refractivity contribution in [1.29, 1.82) is 0 Å². The number of benzene rings is 1. The van der Waals surface area contributed by atoms with Gasteiger partial charge < -0.3 is 5.32 Å². The zero-order chi connectivity index (χ0) is 13.8. The molecule has 0 radical (unpaired) electrons. The van der Waals surface area contributed by atoms with Crippen molar-refractivity contribution in [1.82, 2.24) is 9.97 Å². The van der Waals surface area contributed by atoms with Crippen molar-refractivity contribution in [2.75, 3.05) is 5.32 Å². The molecule has 98 valence electrons. The molecular formula is C12H11ClN4O2. The van der Waals surface area contributed by atoms with Gasteiger partial charge in [-0.15, -0.1) is 0 Å². The first-order valence-electron chi connectivity index (χ1n) is 5.54. The highest BCUT2D eigenvalue weighted by molar-refractivity contribution is 6.30. The van der Waals surface area contributed by atoms with Crippen molar-refractivity contribution in [3.05, 3.63) is 57.4 Å². The lowest BCUT2D eigenvalue weighted by molar-refractivity contribution is -0.384. The molecule has 7 heteroatoms. The van der Waals surface area contributed by atoms with E-state index in [0.717, 1.165) is 5.56 Å². The average Bonchev–Trinajstić information content (AvgIpc) is 2.41. The Labute approximate surface area is 114 Å². The first-order chi connectivity index (χ1) is 9.06. The summed E-state index contributed by atoms with van der Waals surface area (Å²) in [4.78, 5) is 18.3. The maximum absolute atomic E-state index is 10.7. The van der Waals surface area contributed by atoms with Gasteiger partial charge in [0.1, 0.15) is 0 Å². The summed E-state index contributed by atoms with van der Waals surface area (Å²) in [6.07, 6.45) is 2.97. The summed E-state index contributed by atoms with van der Waals surface area (Å²) >= 11 is 5.69. The molecule has 0 aliphatic heterocycles. The Hall–Kier alpha value is -2.21. The summed E-state index contributed by atoms with van der Waals surface area (Å²) in [6.45, 7) is 1.87. The minimum Gasteiger partial charge on any atom is -0.348 e. The van der Waals surface area contributed by atoms with Gasteiger partial charge in [0.2, 0.25) is 5.95 Å². The van der Waals surface area contributed by atoms with Crippen molar-refractivity contribution in [3.63, 3.8) is 0 Å². The summed E-state index contributed by atoms with van der Waals surface area (Å²) < 4.78 is 0. The summed E-state index contributed by atoms with van der Waals surface area (Å²) in [6, 6.07) is 6.28. The van der Waals surface area contributed by atoms with Gasteiger partial charge in [-0.05, 0) is 12.5 Å². The van der Waals surface area contributed by atoms with E-state index in [9.17, 15) is 10.1 Å². The fourth-order valence-corrected chi connectivity index (χ4v) is 1.67. The number of non-ortho nitro benzene ring substituents is 1. The molecule has 19 heavy (non-hydrogen) atoms. The van der Waals surface area contributed by atoms with Gasteiger partial charge in [0.25, 0.3) is 5.69 Å². The smallest absolute Gasteiger partial charge is 0.269 e. The highest BCUT2D eigenvalue weighted by Gasteiger charge is 2.11. The molecule has 0 aliphatic carbocycles. The molecule has 0 saturated carbocycles. The maximum atomic E-state index is 10.7. The Morgan fingerprint density at radius 3 is 2.68 bits per heavy atom. The average molecular weight is 279 g/mol. The Morgan fingerprint density at radius 2 is 2.05 bits per heavy atom. The van der Waals surface area contributed by atoms with Crippen molar-refractivity contribution < 1.29 is 4.92 Å². The van der Waals surface area contributed by atoms with Crippen molar-refractivity contribution in [2.24, 2.45) is 0 Å². The van der Waals surface area contributed by atoms with E-state index in [1.807, 2.05) is 6.92 Å².